The molecule has 4 aromatic carbocycles. The molecule has 0 aliphatic heterocycles. The maximum absolute atomic E-state index is 13.6. The highest BCUT2D eigenvalue weighted by molar-refractivity contribution is 6.18. The highest BCUT2D eigenvalue weighted by Crippen LogP contribution is 2.34. The predicted octanol–water partition coefficient (Wildman–Crippen LogP) is 9.22. The number of fused-ring (bicyclic) bond motifs is 3. The van der Waals surface area contributed by atoms with Gasteiger partial charge in [0.15, 0.2) is 18.2 Å². The monoisotopic (exact) mass is 677 g/mol. The van der Waals surface area contributed by atoms with Gasteiger partial charge in [-0.3, -0.25) is 9.59 Å². The van der Waals surface area contributed by atoms with E-state index in [9.17, 15) is 44.7 Å². The minimum atomic E-state index is -4.43. The number of ketones is 2. The number of rotatable bonds is 14. The van der Waals surface area contributed by atoms with E-state index in [0.29, 0.717) is 28.4 Å². The van der Waals surface area contributed by atoms with Crippen molar-refractivity contribution in [1.29, 1.82) is 0 Å². The molecular formula is C35H27F8NO4. The van der Waals surface area contributed by atoms with E-state index in [4.69, 9.17) is 9.47 Å². The van der Waals surface area contributed by atoms with Gasteiger partial charge >= 0.3 is 24.7 Å². The Morgan fingerprint density at radius 2 is 1.12 bits per heavy atom. The summed E-state index contributed by atoms with van der Waals surface area (Å²) in [5.41, 5.74) is 1.62. The zero-order valence-corrected chi connectivity index (χ0v) is 25.2. The summed E-state index contributed by atoms with van der Waals surface area (Å²) in [6.45, 7) is 0.00979. The number of para-hydroxylation sites is 2. The van der Waals surface area contributed by atoms with Crippen LogP contribution in [-0.4, -0.2) is 54.0 Å². The third-order valence-corrected chi connectivity index (χ3v) is 7.72. The summed E-state index contributed by atoms with van der Waals surface area (Å²) in [6.07, 6.45) is -9.07. The van der Waals surface area contributed by atoms with Gasteiger partial charge in [0.05, 0.1) is 24.2 Å². The van der Waals surface area contributed by atoms with Gasteiger partial charge in [0, 0.05) is 39.5 Å². The van der Waals surface area contributed by atoms with Gasteiger partial charge in [0.25, 0.3) is 0 Å². The number of nitrogens with zero attached hydrogens (tertiary/aromatic N) is 1. The highest BCUT2D eigenvalue weighted by atomic mass is 19.3. The summed E-state index contributed by atoms with van der Waals surface area (Å²) in [6, 6.07) is 20.8. The lowest BCUT2D eigenvalue weighted by molar-refractivity contribution is -0.148. The minimum absolute atomic E-state index is 0.0151. The van der Waals surface area contributed by atoms with Crippen molar-refractivity contribution in [2.24, 2.45) is 0 Å². The number of halogens is 8. The summed E-state index contributed by atoms with van der Waals surface area (Å²) in [5, 5.41) is 1.14. The molecule has 0 radical (unpaired) electrons. The van der Waals surface area contributed by atoms with Crippen LogP contribution in [0.25, 0.3) is 21.8 Å². The first kappa shape index (κ1) is 34.4. The number of hydrogen-bond acceptors (Lipinski definition) is 4. The van der Waals surface area contributed by atoms with Crippen LogP contribution < -0.4 is 9.47 Å². The van der Waals surface area contributed by atoms with Crippen molar-refractivity contribution in [2.75, 3.05) is 13.2 Å². The van der Waals surface area contributed by atoms with Gasteiger partial charge in [-0.05, 0) is 67.6 Å². The topological polar surface area (TPSA) is 57.5 Å². The Kier molecular flexibility index (Phi) is 9.79. The second-order valence-electron chi connectivity index (χ2n) is 10.9. The summed E-state index contributed by atoms with van der Waals surface area (Å²) in [4.78, 5) is 27.2. The van der Waals surface area contributed by atoms with Gasteiger partial charge in [0.1, 0.15) is 11.5 Å². The van der Waals surface area contributed by atoms with Crippen molar-refractivity contribution < 1.29 is 54.2 Å². The number of aryl methyl sites for hydroxylation is 1. The van der Waals surface area contributed by atoms with Gasteiger partial charge in [-0.15, -0.1) is 0 Å². The SMILES string of the molecule is CCn1c2ccc(C(=O)c3ccccc3OCCC(F)(F)C(F)F)cc2c2cc(C(=O)c3ccccc3OCC(F)(F)C(F)F)ccc21. The molecule has 252 valence electrons. The Balaban J connectivity index is 1.49. The molecule has 0 N–H and O–H groups in total. The van der Waals surface area contributed by atoms with E-state index in [1.54, 1.807) is 30.3 Å². The third-order valence-electron chi connectivity index (χ3n) is 7.72. The van der Waals surface area contributed by atoms with Gasteiger partial charge in [-0.2, -0.15) is 8.78 Å². The van der Waals surface area contributed by atoms with Crippen LogP contribution in [-0.2, 0) is 6.54 Å². The number of hydrogen-bond donors (Lipinski definition) is 0. The van der Waals surface area contributed by atoms with Crippen LogP contribution in [0.2, 0.25) is 0 Å². The van der Waals surface area contributed by atoms with E-state index in [2.05, 4.69) is 0 Å². The molecule has 0 spiro atoms. The minimum Gasteiger partial charge on any atom is -0.493 e. The fourth-order valence-electron chi connectivity index (χ4n) is 5.24. The number of ether oxygens (including phenoxy) is 2. The van der Waals surface area contributed by atoms with Gasteiger partial charge in [-0.1, -0.05) is 24.3 Å². The first-order chi connectivity index (χ1) is 22.7. The second-order valence-corrected chi connectivity index (χ2v) is 10.9. The Bertz CT molecular complexity index is 1970. The van der Waals surface area contributed by atoms with Gasteiger partial charge in [-0.25, -0.2) is 26.3 Å². The second kappa shape index (κ2) is 13.7. The van der Waals surface area contributed by atoms with Crippen molar-refractivity contribution >= 4 is 33.4 Å². The number of carbonyl (C=O) groups is 2. The number of aromatic nitrogens is 1. The van der Waals surface area contributed by atoms with Crippen LogP contribution >= 0.6 is 0 Å². The first-order valence-corrected chi connectivity index (χ1v) is 14.7. The predicted molar refractivity (Wildman–Crippen MR) is 162 cm³/mol. The molecular weight excluding hydrogens is 650 g/mol. The molecule has 0 saturated heterocycles. The Morgan fingerprint density at radius 1 is 0.667 bits per heavy atom. The van der Waals surface area contributed by atoms with Crippen LogP contribution in [0, 0.1) is 0 Å². The first-order valence-electron chi connectivity index (χ1n) is 14.7. The molecule has 48 heavy (non-hydrogen) atoms. The Morgan fingerprint density at radius 3 is 1.58 bits per heavy atom. The van der Waals surface area contributed by atoms with E-state index < -0.39 is 55.9 Å². The van der Waals surface area contributed by atoms with E-state index in [1.807, 2.05) is 11.5 Å². The molecule has 13 heteroatoms. The number of alkyl halides is 8. The molecule has 0 unspecified atom stereocenters. The summed E-state index contributed by atoms with van der Waals surface area (Å²) in [5.74, 6) is -10.2. The van der Waals surface area contributed by atoms with Crippen LogP contribution in [0.5, 0.6) is 11.5 Å². The summed E-state index contributed by atoms with van der Waals surface area (Å²) >= 11 is 0. The van der Waals surface area contributed by atoms with Crippen LogP contribution in [0.4, 0.5) is 35.1 Å². The zero-order valence-electron chi connectivity index (χ0n) is 25.2. The van der Waals surface area contributed by atoms with Crippen LogP contribution in [0.3, 0.4) is 0 Å². The maximum atomic E-state index is 13.6. The molecule has 0 aliphatic rings. The molecule has 5 nitrogen and oxygen atoms in total. The Labute approximate surface area is 268 Å². The molecule has 0 amide bonds. The lowest BCUT2D eigenvalue weighted by Gasteiger charge is -2.17. The van der Waals surface area contributed by atoms with E-state index in [0.717, 1.165) is 0 Å². The number of benzene rings is 4. The maximum Gasteiger partial charge on any atom is 0.340 e. The van der Waals surface area contributed by atoms with E-state index >= 15 is 0 Å². The molecule has 0 atom stereocenters. The third kappa shape index (κ3) is 6.85. The van der Waals surface area contributed by atoms with Crippen molar-refractivity contribution in [3.63, 3.8) is 0 Å². The molecule has 5 aromatic rings. The van der Waals surface area contributed by atoms with Crippen molar-refractivity contribution in [2.45, 2.75) is 44.6 Å². The van der Waals surface area contributed by atoms with Crippen molar-refractivity contribution in [3.8, 4) is 11.5 Å². The molecule has 0 saturated carbocycles. The highest BCUT2D eigenvalue weighted by Gasteiger charge is 2.42. The standard InChI is InChI=1S/C35H27F8NO4/c1-2-44-26-13-11-20(30(45)22-7-3-5-9-28(22)47-16-15-34(40,41)32(36)37)17-24(26)25-18-21(12-14-27(25)44)31(46)23-8-4-6-10-29(23)48-19-35(42,43)33(38)39/h3-14,17-18,32-33H,2,15-16,19H2,1H3. The van der Waals surface area contributed by atoms with Gasteiger partial charge < -0.3 is 14.0 Å². The fraction of sp³-hybridized carbons (Fsp3) is 0.257. The molecule has 0 bridgehead atoms. The molecule has 1 heterocycles. The normalized spacial score (nSPS) is 12.3. The number of carbonyl (C=O) groups excluding carboxylic acids is 2. The molecule has 0 fully saturated rings. The molecule has 0 aliphatic carbocycles. The van der Waals surface area contributed by atoms with Crippen molar-refractivity contribution in [3.05, 3.63) is 107 Å². The molecule has 5 rings (SSSR count). The van der Waals surface area contributed by atoms with E-state index in [1.165, 1.54) is 54.6 Å². The largest absolute Gasteiger partial charge is 0.493 e. The van der Waals surface area contributed by atoms with Crippen molar-refractivity contribution in [1.82, 2.24) is 4.57 Å². The zero-order chi connectivity index (χ0) is 34.8. The van der Waals surface area contributed by atoms with Gasteiger partial charge in [0.2, 0.25) is 0 Å². The smallest absolute Gasteiger partial charge is 0.340 e. The average Bonchev–Trinajstić information content (AvgIpc) is 3.39. The lowest BCUT2D eigenvalue weighted by atomic mass is 9.98. The van der Waals surface area contributed by atoms with Crippen LogP contribution in [0.15, 0.2) is 84.9 Å². The lowest BCUT2D eigenvalue weighted by Crippen LogP contribution is -2.34. The quantitative estimate of drug-likeness (QED) is 0.0869. The summed E-state index contributed by atoms with van der Waals surface area (Å²) in [7, 11) is 0. The van der Waals surface area contributed by atoms with E-state index in [-0.39, 0.29) is 33.8 Å². The average molecular weight is 678 g/mol. The summed E-state index contributed by atoms with van der Waals surface area (Å²) < 4.78 is 117. The van der Waals surface area contributed by atoms with Crippen LogP contribution in [0.1, 0.15) is 45.2 Å². The fourth-order valence-corrected chi connectivity index (χ4v) is 5.24. The molecule has 1 aromatic heterocycles. The Hall–Kier alpha value is -4.94.